The van der Waals surface area contributed by atoms with Crippen LogP contribution in [0, 0.1) is 11.8 Å². The summed E-state index contributed by atoms with van der Waals surface area (Å²) in [6.45, 7) is 9.52. The van der Waals surface area contributed by atoms with Crippen LogP contribution in [0.25, 0.3) is 0 Å². The Kier molecular flexibility index (Phi) is 3.90. The third kappa shape index (κ3) is 2.85. The Hall–Kier alpha value is -0.860. The molecule has 2 heterocycles. The number of piperidine rings is 1. The monoisotopic (exact) mass is 258 g/mol. The Balaban J connectivity index is 1.87. The highest BCUT2D eigenvalue weighted by atomic mass is 15.2. The highest BCUT2D eigenvalue weighted by Gasteiger charge is 2.29. The van der Waals surface area contributed by atoms with Gasteiger partial charge < -0.3 is 5.32 Å². The third-order valence-electron chi connectivity index (χ3n) is 4.66. The fourth-order valence-corrected chi connectivity index (χ4v) is 3.98. The predicted molar refractivity (Wildman–Crippen MR) is 80.0 cm³/mol. The van der Waals surface area contributed by atoms with Crippen LogP contribution in [-0.2, 0) is 6.54 Å². The zero-order valence-corrected chi connectivity index (χ0v) is 12.2. The van der Waals surface area contributed by atoms with Crippen LogP contribution in [0.15, 0.2) is 24.3 Å². The number of fused-ring (bicyclic) bond motifs is 1. The molecule has 3 rings (SSSR count). The molecule has 3 atom stereocenters. The number of benzene rings is 1. The number of hydrogen-bond acceptors (Lipinski definition) is 2. The van der Waals surface area contributed by atoms with Crippen molar-refractivity contribution in [3.63, 3.8) is 0 Å². The van der Waals surface area contributed by atoms with Crippen molar-refractivity contribution >= 4 is 0 Å². The SMILES string of the molecule is CC1CC(C)CN(C2CCNCc3ccccc32)C1. The van der Waals surface area contributed by atoms with Gasteiger partial charge in [-0.25, -0.2) is 0 Å². The zero-order chi connectivity index (χ0) is 13.2. The molecule has 104 valence electrons. The number of nitrogens with one attached hydrogen (secondary N) is 1. The number of rotatable bonds is 1. The van der Waals surface area contributed by atoms with Gasteiger partial charge in [-0.05, 0) is 42.3 Å². The van der Waals surface area contributed by atoms with E-state index in [0.717, 1.165) is 24.9 Å². The average molecular weight is 258 g/mol. The minimum absolute atomic E-state index is 0.622. The summed E-state index contributed by atoms with van der Waals surface area (Å²) >= 11 is 0. The summed E-state index contributed by atoms with van der Waals surface area (Å²) in [6.07, 6.45) is 2.64. The molecule has 1 saturated heterocycles. The lowest BCUT2D eigenvalue weighted by molar-refractivity contribution is 0.0915. The fraction of sp³-hybridized carbons (Fsp3) is 0.647. The smallest absolute Gasteiger partial charge is 0.0363 e. The predicted octanol–water partition coefficient (Wildman–Crippen LogP) is 3.20. The molecule has 1 N–H and O–H groups in total. The summed E-state index contributed by atoms with van der Waals surface area (Å²) in [5, 5.41) is 3.57. The molecule has 0 radical (unpaired) electrons. The molecule has 1 aromatic carbocycles. The van der Waals surface area contributed by atoms with Crippen LogP contribution in [0.4, 0.5) is 0 Å². The minimum Gasteiger partial charge on any atom is -0.313 e. The molecule has 0 aliphatic carbocycles. The largest absolute Gasteiger partial charge is 0.313 e. The Morgan fingerprint density at radius 3 is 2.63 bits per heavy atom. The Labute approximate surface area is 117 Å². The zero-order valence-electron chi connectivity index (χ0n) is 12.2. The molecule has 0 spiro atoms. The highest BCUT2D eigenvalue weighted by molar-refractivity contribution is 5.31. The van der Waals surface area contributed by atoms with Crippen LogP contribution in [0.3, 0.4) is 0 Å². The van der Waals surface area contributed by atoms with Crippen molar-refractivity contribution in [3.05, 3.63) is 35.4 Å². The molecule has 0 saturated carbocycles. The topological polar surface area (TPSA) is 15.3 Å². The summed E-state index contributed by atoms with van der Waals surface area (Å²) in [4.78, 5) is 2.74. The van der Waals surface area contributed by atoms with Crippen LogP contribution in [0.5, 0.6) is 0 Å². The fourth-order valence-electron chi connectivity index (χ4n) is 3.98. The highest BCUT2D eigenvalue weighted by Crippen LogP contribution is 2.33. The van der Waals surface area contributed by atoms with Crippen molar-refractivity contribution in [1.29, 1.82) is 0 Å². The summed E-state index contributed by atoms with van der Waals surface area (Å²) in [7, 11) is 0. The lowest BCUT2D eigenvalue weighted by atomic mass is 9.88. The van der Waals surface area contributed by atoms with Gasteiger partial charge in [-0.2, -0.15) is 0 Å². The van der Waals surface area contributed by atoms with Crippen LogP contribution >= 0.6 is 0 Å². The van der Waals surface area contributed by atoms with Crippen LogP contribution < -0.4 is 5.32 Å². The molecule has 1 aromatic rings. The second-order valence-electron chi connectivity index (χ2n) is 6.58. The second-order valence-corrected chi connectivity index (χ2v) is 6.58. The van der Waals surface area contributed by atoms with Crippen LogP contribution in [0.2, 0.25) is 0 Å². The van der Waals surface area contributed by atoms with E-state index in [2.05, 4.69) is 48.3 Å². The molecular formula is C17H26N2. The number of nitrogens with zero attached hydrogens (tertiary/aromatic N) is 1. The first-order valence-electron chi connectivity index (χ1n) is 7.76. The Morgan fingerprint density at radius 2 is 1.84 bits per heavy atom. The van der Waals surface area contributed by atoms with Crippen LogP contribution in [-0.4, -0.2) is 24.5 Å². The van der Waals surface area contributed by atoms with Gasteiger partial charge in [0.05, 0.1) is 0 Å². The van der Waals surface area contributed by atoms with E-state index in [4.69, 9.17) is 0 Å². The summed E-state index contributed by atoms with van der Waals surface area (Å²) in [5.74, 6) is 1.68. The number of hydrogen-bond donors (Lipinski definition) is 1. The van der Waals surface area contributed by atoms with Crippen LogP contribution in [0.1, 0.15) is 43.9 Å². The molecular weight excluding hydrogens is 232 g/mol. The average Bonchev–Trinajstić information content (AvgIpc) is 2.59. The van der Waals surface area contributed by atoms with E-state index >= 15 is 0 Å². The van der Waals surface area contributed by atoms with Gasteiger partial charge in [-0.15, -0.1) is 0 Å². The Morgan fingerprint density at radius 1 is 1.11 bits per heavy atom. The molecule has 2 heteroatoms. The van der Waals surface area contributed by atoms with Crippen molar-refractivity contribution in [3.8, 4) is 0 Å². The van der Waals surface area contributed by atoms with E-state index in [1.807, 2.05) is 0 Å². The van der Waals surface area contributed by atoms with Gasteiger partial charge in [0.1, 0.15) is 0 Å². The molecule has 0 bridgehead atoms. The maximum atomic E-state index is 3.57. The molecule has 0 amide bonds. The van der Waals surface area contributed by atoms with E-state index in [-0.39, 0.29) is 0 Å². The molecule has 2 aliphatic heterocycles. The van der Waals surface area contributed by atoms with E-state index < -0.39 is 0 Å². The van der Waals surface area contributed by atoms with Gasteiger partial charge >= 0.3 is 0 Å². The van der Waals surface area contributed by atoms with Gasteiger partial charge in [0.2, 0.25) is 0 Å². The first-order chi connectivity index (χ1) is 9.24. The first kappa shape index (κ1) is 13.1. The van der Waals surface area contributed by atoms with Gasteiger partial charge in [0.25, 0.3) is 0 Å². The van der Waals surface area contributed by atoms with Crippen molar-refractivity contribution in [2.75, 3.05) is 19.6 Å². The number of likely N-dealkylation sites (tertiary alicyclic amines) is 1. The van der Waals surface area contributed by atoms with E-state index in [1.165, 1.54) is 31.5 Å². The molecule has 2 aliphatic rings. The van der Waals surface area contributed by atoms with E-state index in [1.54, 1.807) is 5.56 Å². The third-order valence-corrected chi connectivity index (χ3v) is 4.66. The first-order valence-corrected chi connectivity index (χ1v) is 7.76. The Bertz CT molecular complexity index is 419. The molecule has 0 aromatic heterocycles. The maximum absolute atomic E-state index is 3.57. The summed E-state index contributed by atoms with van der Waals surface area (Å²) < 4.78 is 0. The van der Waals surface area contributed by atoms with Gasteiger partial charge in [0.15, 0.2) is 0 Å². The standard InChI is InChI=1S/C17H26N2/c1-13-9-14(2)12-19(11-13)17-7-8-18-10-15-5-3-4-6-16(15)17/h3-6,13-14,17-18H,7-12H2,1-2H3. The van der Waals surface area contributed by atoms with Gasteiger partial charge in [-0.1, -0.05) is 38.1 Å². The van der Waals surface area contributed by atoms with Crippen molar-refractivity contribution in [1.82, 2.24) is 10.2 Å². The second kappa shape index (κ2) is 5.64. The maximum Gasteiger partial charge on any atom is 0.0363 e. The van der Waals surface area contributed by atoms with Gasteiger partial charge in [-0.3, -0.25) is 4.90 Å². The lowest BCUT2D eigenvalue weighted by Gasteiger charge is -2.40. The van der Waals surface area contributed by atoms with Crippen molar-refractivity contribution in [2.24, 2.45) is 11.8 Å². The molecule has 19 heavy (non-hydrogen) atoms. The lowest BCUT2D eigenvalue weighted by Crippen LogP contribution is -2.41. The minimum atomic E-state index is 0.622. The molecule has 3 unspecified atom stereocenters. The molecule has 1 fully saturated rings. The van der Waals surface area contributed by atoms with E-state index in [9.17, 15) is 0 Å². The normalized spacial score (nSPS) is 32.6. The van der Waals surface area contributed by atoms with Crippen molar-refractivity contribution < 1.29 is 0 Å². The molecule has 2 nitrogen and oxygen atoms in total. The quantitative estimate of drug-likeness (QED) is 0.832. The van der Waals surface area contributed by atoms with E-state index in [0.29, 0.717) is 6.04 Å². The van der Waals surface area contributed by atoms with Gasteiger partial charge in [0, 0.05) is 25.7 Å². The summed E-state index contributed by atoms with van der Waals surface area (Å²) in [5.41, 5.74) is 3.06. The summed E-state index contributed by atoms with van der Waals surface area (Å²) in [6, 6.07) is 9.63. The van der Waals surface area contributed by atoms with Crippen molar-refractivity contribution in [2.45, 2.75) is 39.3 Å².